The highest BCUT2D eigenvalue weighted by atomic mass is 79.9. The van der Waals surface area contributed by atoms with Crippen molar-refractivity contribution in [1.82, 2.24) is 0 Å². The van der Waals surface area contributed by atoms with Crippen LogP contribution in [0.2, 0.25) is 0 Å². The zero-order valence-electron chi connectivity index (χ0n) is 8.25. The minimum atomic E-state index is -4.76. The Balaban J connectivity index is 2.16. The van der Waals surface area contributed by atoms with E-state index < -0.39 is 24.4 Å². The minimum Gasteiger partial charge on any atom is -0.423 e. The highest BCUT2D eigenvalue weighted by Gasteiger charge is 2.73. The first kappa shape index (κ1) is 12.4. The topological polar surface area (TPSA) is 38.8 Å². The third-order valence-electron chi connectivity index (χ3n) is 2.26. The SMILES string of the molecule is O=C(Oc1ccccc1Br)[C@@]1(C(F)(F)F)CO1. The van der Waals surface area contributed by atoms with Crippen LogP contribution in [-0.2, 0) is 9.53 Å². The Labute approximate surface area is 103 Å². The van der Waals surface area contributed by atoms with Gasteiger partial charge >= 0.3 is 12.1 Å². The highest BCUT2D eigenvalue weighted by molar-refractivity contribution is 9.10. The maximum absolute atomic E-state index is 12.5. The molecule has 92 valence electrons. The molecule has 0 saturated carbocycles. The minimum absolute atomic E-state index is 0.0247. The molecule has 1 aromatic rings. The number of ether oxygens (including phenoxy) is 2. The summed E-state index contributed by atoms with van der Waals surface area (Å²) >= 11 is 3.06. The second kappa shape index (κ2) is 3.99. The molecule has 0 bridgehead atoms. The molecular formula is C10H6BrF3O3. The lowest BCUT2D eigenvalue weighted by Crippen LogP contribution is -2.43. The van der Waals surface area contributed by atoms with Crippen LogP contribution in [0.5, 0.6) is 5.75 Å². The summed E-state index contributed by atoms with van der Waals surface area (Å²) < 4.78 is 46.8. The zero-order chi connectivity index (χ0) is 12.7. The quantitative estimate of drug-likeness (QED) is 0.479. The summed E-state index contributed by atoms with van der Waals surface area (Å²) in [4.78, 5) is 11.4. The summed E-state index contributed by atoms with van der Waals surface area (Å²) in [5.74, 6) is -1.42. The third-order valence-corrected chi connectivity index (χ3v) is 2.92. The van der Waals surface area contributed by atoms with Gasteiger partial charge in [0.15, 0.2) is 0 Å². The largest absolute Gasteiger partial charge is 0.430 e. The molecule has 0 N–H and O–H groups in total. The Morgan fingerprint density at radius 1 is 1.41 bits per heavy atom. The van der Waals surface area contributed by atoms with Gasteiger partial charge in [-0.15, -0.1) is 0 Å². The van der Waals surface area contributed by atoms with Crippen LogP contribution < -0.4 is 4.74 Å². The van der Waals surface area contributed by atoms with E-state index in [1.807, 2.05) is 0 Å². The summed E-state index contributed by atoms with van der Waals surface area (Å²) in [6.45, 7) is -0.695. The molecular weight excluding hydrogens is 305 g/mol. The van der Waals surface area contributed by atoms with Crippen LogP contribution in [-0.4, -0.2) is 24.4 Å². The Morgan fingerprint density at radius 2 is 2.00 bits per heavy atom. The first-order chi connectivity index (χ1) is 7.87. The smallest absolute Gasteiger partial charge is 0.423 e. The molecule has 1 aliphatic heterocycles. The van der Waals surface area contributed by atoms with Crippen molar-refractivity contribution in [3.63, 3.8) is 0 Å². The highest BCUT2D eigenvalue weighted by Crippen LogP contribution is 2.44. The summed E-state index contributed by atoms with van der Waals surface area (Å²) in [6.07, 6.45) is -4.76. The van der Waals surface area contributed by atoms with Gasteiger partial charge in [-0.05, 0) is 28.1 Å². The van der Waals surface area contributed by atoms with Crippen LogP contribution in [0.1, 0.15) is 0 Å². The van der Waals surface area contributed by atoms with Crippen LogP contribution in [0, 0.1) is 0 Å². The number of hydrogen-bond acceptors (Lipinski definition) is 3. The molecule has 0 aromatic heterocycles. The second-order valence-corrected chi connectivity index (χ2v) is 4.29. The van der Waals surface area contributed by atoms with Crippen molar-refractivity contribution in [3.05, 3.63) is 28.7 Å². The predicted molar refractivity (Wildman–Crippen MR) is 54.5 cm³/mol. The molecule has 1 atom stereocenters. The van der Waals surface area contributed by atoms with Crippen LogP contribution >= 0.6 is 15.9 Å². The molecule has 0 unspecified atom stereocenters. The number of hydrogen-bond donors (Lipinski definition) is 0. The molecule has 1 saturated heterocycles. The van der Waals surface area contributed by atoms with Gasteiger partial charge in [0.05, 0.1) is 11.1 Å². The Kier molecular flexibility index (Phi) is 2.90. The number of carbonyl (C=O) groups is 1. The van der Waals surface area contributed by atoms with Crippen LogP contribution in [0.4, 0.5) is 13.2 Å². The number of rotatable bonds is 2. The van der Waals surface area contributed by atoms with Crippen molar-refractivity contribution in [2.24, 2.45) is 0 Å². The van der Waals surface area contributed by atoms with Crippen LogP contribution in [0.3, 0.4) is 0 Å². The summed E-state index contributed by atoms with van der Waals surface area (Å²) in [6, 6.07) is 6.13. The van der Waals surface area contributed by atoms with E-state index in [9.17, 15) is 18.0 Å². The average molecular weight is 311 g/mol. The summed E-state index contributed by atoms with van der Waals surface area (Å²) in [5.41, 5.74) is -2.79. The molecule has 1 heterocycles. The number of epoxide rings is 1. The number of carbonyl (C=O) groups excluding carboxylic acids is 1. The van der Waals surface area contributed by atoms with E-state index in [4.69, 9.17) is 0 Å². The number of esters is 1. The number of alkyl halides is 3. The van der Waals surface area contributed by atoms with Gasteiger partial charge in [0.25, 0.3) is 5.60 Å². The van der Waals surface area contributed by atoms with Gasteiger partial charge < -0.3 is 9.47 Å². The lowest BCUT2D eigenvalue weighted by Gasteiger charge is -2.14. The number of para-hydroxylation sites is 1. The van der Waals surface area contributed by atoms with E-state index in [0.717, 1.165) is 0 Å². The second-order valence-electron chi connectivity index (χ2n) is 3.43. The fourth-order valence-electron chi connectivity index (χ4n) is 1.18. The lowest BCUT2D eigenvalue weighted by molar-refractivity contribution is -0.198. The van der Waals surface area contributed by atoms with E-state index in [1.165, 1.54) is 6.07 Å². The van der Waals surface area contributed by atoms with Crippen molar-refractivity contribution in [3.8, 4) is 5.75 Å². The van der Waals surface area contributed by atoms with Crippen molar-refractivity contribution >= 4 is 21.9 Å². The van der Waals surface area contributed by atoms with Crippen molar-refractivity contribution < 1.29 is 27.4 Å². The molecule has 2 rings (SSSR count). The van der Waals surface area contributed by atoms with Gasteiger partial charge in [-0.3, -0.25) is 0 Å². The first-order valence-corrected chi connectivity index (χ1v) is 5.34. The molecule has 1 fully saturated rings. The first-order valence-electron chi connectivity index (χ1n) is 4.54. The normalized spacial score (nSPS) is 23.3. The average Bonchev–Trinajstić information content (AvgIpc) is 3.01. The molecule has 17 heavy (non-hydrogen) atoms. The standard InChI is InChI=1S/C10H6BrF3O3/c11-6-3-1-2-4-7(6)17-8(15)9(5-16-9)10(12,13)14/h1-4H,5H2/t9-/m1/s1. The Hall–Kier alpha value is -1.08. The molecule has 0 radical (unpaired) electrons. The molecule has 3 nitrogen and oxygen atoms in total. The Morgan fingerprint density at radius 3 is 2.47 bits per heavy atom. The molecule has 0 aliphatic carbocycles. The fraction of sp³-hybridized carbons (Fsp3) is 0.300. The molecule has 1 aliphatic rings. The van der Waals surface area contributed by atoms with Crippen molar-refractivity contribution in [2.75, 3.05) is 6.61 Å². The maximum Gasteiger partial charge on any atom is 0.430 e. The Bertz CT molecular complexity index is 454. The van der Waals surface area contributed by atoms with Gasteiger partial charge in [0.1, 0.15) is 5.75 Å². The van der Waals surface area contributed by atoms with E-state index in [1.54, 1.807) is 18.2 Å². The van der Waals surface area contributed by atoms with Gasteiger partial charge in [-0.25, -0.2) is 4.79 Å². The zero-order valence-corrected chi connectivity index (χ0v) is 9.84. The van der Waals surface area contributed by atoms with Crippen molar-refractivity contribution in [1.29, 1.82) is 0 Å². The predicted octanol–water partition coefficient (Wildman–Crippen LogP) is 2.69. The number of benzene rings is 1. The molecule has 0 spiro atoms. The molecule has 0 amide bonds. The van der Waals surface area contributed by atoms with Crippen LogP contribution in [0.25, 0.3) is 0 Å². The van der Waals surface area contributed by atoms with Crippen molar-refractivity contribution in [2.45, 2.75) is 11.8 Å². The van der Waals surface area contributed by atoms with Gasteiger partial charge in [0, 0.05) is 0 Å². The summed E-state index contributed by atoms with van der Waals surface area (Å²) in [5, 5.41) is 0. The van der Waals surface area contributed by atoms with Gasteiger partial charge in [-0.1, -0.05) is 12.1 Å². The summed E-state index contributed by atoms with van der Waals surface area (Å²) in [7, 11) is 0. The fourth-order valence-corrected chi connectivity index (χ4v) is 1.54. The number of halogens is 4. The van der Waals surface area contributed by atoms with Crippen LogP contribution in [0.15, 0.2) is 28.7 Å². The van der Waals surface area contributed by atoms with Gasteiger partial charge in [-0.2, -0.15) is 13.2 Å². The maximum atomic E-state index is 12.5. The van der Waals surface area contributed by atoms with E-state index >= 15 is 0 Å². The molecule has 7 heteroatoms. The van der Waals surface area contributed by atoms with Gasteiger partial charge in [0.2, 0.25) is 0 Å². The van der Waals surface area contributed by atoms with E-state index in [0.29, 0.717) is 4.47 Å². The lowest BCUT2D eigenvalue weighted by atomic mass is 10.1. The van der Waals surface area contributed by atoms with E-state index in [-0.39, 0.29) is 5.75 Å². The third kappa shape index (κ3) is 2.16. The molecule has 1 aromatic carbocycles. The van der Waals surface area contributed by atoms with E-state index in [2.05, 4.69) is 25.4 Å². The monoisotopic (exact) mass is 310 g/mol.